The largest absolute Gasteiger partial charge is 0.314 e. The zero-order chi connectivity index (χ0) is 9.10. The molecule has 2 aliphatic rings. The normalized spacial score (nSPS) is 23.6. The van der Waals surface area contributed by atoms with Gasteiger partial charge in [-0.25, -0.2) is 0 Å². The van der Waals surface area contributed by atoms with E-state index in [1.54, 1.807) is 5.57 Å². The Bertz CT molecular complexity index is 187. The van der Waals surface area contributed by atoms with Crippen LogP contribution in [0.4, 0.5) is 0 Å². The van der Waals surface area contributed by atoms with Gasteiger partial charge in [0.25, 0.3) is 0 Å². The van der Waals surface area contributed by atoms with E-state index in [4.69, 9.17) is 0 Å². The van der Waals surface area contributed by atoms with Crippen LogP contribution < -0.4 is 5.32 Å². The highest BCUT2D eigenvalue weighted by Crippen LogP contribution is 2.34. The molecule has 1 heteroatoms. The lowest BCUT2D eigenvalue weighted by molar-refractivity contribution is 0.686. The molecule has 0 amide bonds. The Morgan fingerprint density at radius 3 is 2.69 bits per heavy atom. The lowest BCUT2D eigenvalue weighted by atomic mass is 10.1. The molecule has 0 aromatic carbocycles. The molecule has 0 aromatic heterocycles. The van der Waals surface area contributed by atoms with Gasteiger partial charge in [-0.15, -0.1) is 0 Å². The number of nitrogens with one attached hydrogen (secondary N) is 1. The van der Waals surface area contributed by atoms with Gasteiger partial charge in [-0.3, -0.25) is 0 Å². The van der Waals surface area contributed by atoms with Gasteiger partial charge in [-0.05, 0) is 57.9 Å². The van der Waals surface area contributed by atoms with Crippen molar-refractivity contribution in [2.75, 3.05) is 6.54 Å². The van der Waals surface area contributed by atoms with Crippen LogP contribution in [0.5, 0.6) is 0 Å². The Labute approximate surface area is 81.6 Å². The van der Waals surface area contributed by atoms with Crippen molar-refractivity contribution < 1.29 is 0 Å². The molecule has 13 heavy (non-hydrogen) atoms. The first kappa shape index (κ1) is 9.26. The predicted octanol–water partition coefficient (Wildman–Crippen LogP) is 2.87. The van der Waals surface area contributed by atoms with Crippen LogP contribution in [-0.2, 0) is 0 Å². The maximum atomic E-state index is 3.54. The molecule has 1 N–H and O–H groups in total. The van der Waals surface area contributed by atoms with Gasteiger partial charge in [0.1, 0.15) is 0 Å². The molecule has 0 aliphatic heterocycles. The van der Waals surface area contributed by atoms with Gasteiger partial charge in [-0.2, -0.15) is 0 Å². The number of allylic oxidation sites excluding steroid dienone is 1. The van der Waals surface area contributed by atoms with Crippen molar-refractivity contribution in [3.05, 3.63) is 11.6 Å². The number of hydrogen-bond acceptors (Lipinski definition) is 1. The SMILES string of the molecule is CC(=CCCNC1CC1)CC1CC1. The van der Waals surface area contributed by atoms with Crippen LogP contribution in [0.25, 0.3) is 0 Å². The smallest absolute Gasteiger partial charge is 0.00683 e. The summed E-state index contributed by atoms with van der Waals surface area (Å²) in [5.41, 5.74) is 1.61. The molecule has 2 saturated carbocycles. The van der Waals surface area contributed by atoms with E-state index in [9.17, 15) is 0 Å². The minimum absolute atomic E-state index is 0.872. The second-order valence-corrected chi connectivity index (χ2v) is 4.72. The summed E-state index contributed by atoms with van der Waals surface area (Å²) in [5, 5.41) is 3.54. The molecule has 0 spiro atoms. The highest BCUT2D eigenvalue weighted by Gasteiger charge is 2.21. The third-order valence-electron chi connectivity index (χ3n) is 2.96. The second kappa shape index (κ2) is 4.28. The van der Waals surface area contributed by atoms with Crippen molar-refractivity contribution in [2.45, 2.75) is 51.5 Å². The fraction of sp³-hybridized carbons (Fsp3) is 0.833. The Hall–Kier alpha value is -0.300. The van der Waals surface area contributed by atoms with E-state index >= 15 is 0 Å². The summed E-state index contributed by atoms with van der Waals surface area (Å²) in [7, 11) is 0. The molecular formula is C12H21N. The van der Waals surface area contributed by atoms with Gasteiger partial charge in [0, 0.05) is 6.04 Å². The van der Waals surface area contributed by atoms with Crippen LogP contribution >= 0.6 is 0 Å². The fourth-order valence-electron chi connectivity index (χ4n) is 1.75. The minimum atomic E-state index is 0.872. The average Bonchev–Trinajstić information content (AvgIpc) is 2.92. The standard InChI is InChI=1S/C12H21N/c1-10(9-11-4-5-11)3-2-8-13-12-6-7-12/h3,11-13H,2,4-9H2,1H3. The van der Waals surface area contributed by atoms with Gasteiger partial charge in [0.15, 0.2) is 0 Å². The lowest BCUT2D eigenvalue weighted by Crippen LogP contribution is -2.16. The monoisotopic (exact) mass is 179 g/mol. The van der Waals surface area contributed by atoms with Crippen LogP contribution in [0, 0.1) is 5.92 Å². The highest BCUT2D eigenvalue weighted by atomic mass is 14.9. The molecule has 0 atom stereocenters. The zero-order valence-corrected chi connectivity index (χ0v) is 8.68. The van der Waals surface area contributed by atoms with Crippen molar-refractivity contribution in [2.24, 2.45) is 5.92 Å². The molecule has 0 radical (unpaired) electrons. The first-order valence-electron chi connectivity index (χ1n) is 5.73. The van der Waals surface area contributed by atoms with Crippen molar-refractivity contribution >= 4 is 0 Å². The molecule has 74 valence electrons. The van der Waals surface area contributed by atoms with E-state index in [2.05, 4.69) is 18.3 Å². The minimum Gasteiger partial charge on any atom is -0.314 e. The van der Waals surface area contributed by atoms with Crippen LogP contribution in [0.15, 0.2) is 11.6 Å². The van der Waals surface area contributed by atoms with E-state index in [0.717, 1.165) is 12.0 Å². The van der Waals surface area contributed by atoms with E-state index in [1.165, 1.54) is 45.1 Å². The van der Waals surface area contributed by atoms with Crippen molar-refractivity contribution in [3.8, 4) is 0 Å². The summed E-state index contributed by atoms with van der Waals surface area (Å²) >= 11 is 0. The first-order chi connectivity index (χ1) is 6.34. The van der Waals surface area contributed by atoms with Crippen LogP contribution in [0.1, 0.15) is 45.4 Å². The Morgan fingerprint density at radius 2 is 2.08 bits per heavy atom. The van der Waals surface area contributed by atoms with Gasteiger partial charge in [0.05, 0.1) is 0 Å². The van der Waals surface area contributed by atoms with Crippen molar-refractivity contribution in [1.29, 1.82) is 0 Å². The van der Waals surface area contributed by atoms with Gasteiger partial charge < -0.3 is 5.32 Å². The molecule has 0 aromatic rings. The quantitative estimate of drug-likeness (QED) is 0.488. The molecule has 0 saturated heterocycles. The van der Waals surface area contributed by atoms with Crippen molar-refractivity contribution in [3.63, 3.8) is 0 Å². The third-order valence-corrected chi connectivity index (χ3v) is 2.96. The first-order valence-corrected chi connectivity index (χ1v) is 5.73. The molecule has 0 bridgehead atoms. The van der Waals surface area contributed by atoms with E-state index in [0.29, 0.717) is 0 Å². The summed E-state index contributed by atoms with van der Waals surface area (Å²) in [6.45, 7) is 3.47. The lowest BCUT2D eigenvalue weighted by Gasteiger charge is -2.01. The summed E-state index contributed by atoms with van der Waals surface area (Å²) in [4.78, 5) is 0. The molecule has 2 rings (SSSR count). The topological polar surface area (TPSA) is 12.0 Å². The molecule has 0 unspecified atom stereocenters. The van der Waals surface area contributed by atoms with Crippen LogP contribution in [0.3, 0.4) is 0 Å². The molecule has 2 fully saturated rings. The van der Waals surface area contributed by atoms with Gasteiger partial charge >= 0.3 is 0 Å². The van der Waals surface area contributed by atoms with Gasteiger partial charge in [-0.1, -0.05) is 11.6 Å². The van der Waals surface area contributed by atoms with Crippen molar-refractivity contribution in [1.82, 2.24) is 5.32 Å². The average molecular weight is 179 g/mol. The summed E-state index contributed by atoms with van der Waals surface area (Å²) in [6, 6.07) is 0.872. The molecule has 1 nitrogen and oxygen atoms in total. The Kier molecular flexibility index (Phi) is 3.05. The van der Waals surface area contributed by atoms with Crippen LogP contribution in [-0.4, -0.2) is 12.6 Å². The zero-order valence-electron chi connectivity index (χ0n) is 8.68. The summed E-state index contributed by atoms with van der Waals surface area (Å²) < 4.78 is 0. The van der Waals surface area contributed by atoms with E-state index in [1.807, 2.05) is 0 Å². The van der Waals surface area contributed by atoms with E-state index in [-0.39, 0.29) is 0 Å². The van der Waals surface area contributed by atoms with Gasteiger partial charge in [0.2, 0.25) is 0 Å². The molecule has 2 aliphatic carbocycles. The molecular weight excluding hydrogens is 158 g/mol. The summed E-state index contributed by atoms with van der Waals surface area (Å²) in [5.74, 6) is 1.05. The highest BCUT2D eigenvalue weighted by molar-refractivity contribution is 5.02. The maximum Gasteiger partial charge on any atom is 0.00683 e. The Balaban J connectivity index is 1.52. The Morgan fingerprint density at radius 1 is 1.31 bits per heavy atom. The number of rotatable bonds is 6. The third kappa shape index (κ3) is 3.95. The maximum absolute atomic E-state index is 3.54. The van der Waals surface area contributed by atoms with E-state index < -0.39 is 0 Å². The molecule has 0 heterocycles. The summed E-state index contributed by atoms with van der Waals surface area (Å²) in [6.07, 6.45) is 10.8. The number of hydrogen-bond donors (Lipinski definition) is 1. The van der Waals surface area contributed by atoms with Crippen LogP contribution in [0.2, 0.25) is 0 Å². The predicted molar refractivity (Wildman–Crippen MR) is 56.7 cm³/mol. The second-order valence-electron chi connectivity index (χ2n) is 4.72. The fourth-order valence-corrected chi connectivity index (χ4v) is 1.75.